The van der Waals surface area contributed by atoms with Gasteiger partial charge in [-0.2, -0.15) is 0 Å². The van der Waals surface area contributed by atoms with Gasteiger partial charge in [-0.3, -0.25) is 0 Å². The summed E-state index contributed by atoms with van der Waals surface area (Å²) in [4.78, 5) is 4.69. The maximum atomic E-state index is 9.09. The monoisotopic (exact) mass is 408 g/mol. The minimum atomic E-state index is -0.482. The van der Waals surface area contributed by atoms with Crippen molar-refractivity contribution in [2.24, 2.45) is 7.05 Å². The summed E-state index contributed by atoms with van der Waals surface area (Å²) in [6, 6.07) is 17.0. The summed E-state index contributed by atoms with van der Waals surface area (Å²) in [5.41, 5.74) is 7.17. The van der Waals surface area contributed by atoms with E-state index in [-0.39, 0.29) is 0 Å². The van der Waals surface area contributed by atoms with Crippen LogP contribution in [0.3, 0.4) is 0 Å². The van der Waals surface area contributed by atoms with Gasteiger partial charge in [-0.25, -0.2) is 9.55 Å². The third-order valence-electron chi connectivity index (χ3n) is 6.92. The third-order valence-corrected chi connectivity index (χ3v) is 6.92. The molecule has 0 aliphatic heterocycles. The number of hydrogen-bond acceptors (Lipinski definition) is 2. The van der Waals surface area contributed by atoms with Gasteiger partial charge < -0.3 is 4.42 Å². The Hall–Kier alpha value is -3.20. The first-order chi connectivity index (χ1) is 15.5. The number of rotatable bonds is 2. The first kappa shape index (κ1) is 17.5. The highest BCUT2D eigenvalue weighted by Crippen LogP contribution is 2.43. The topological polar surface area (TPSA) is 29.9 Å². The molecule has 3 aromatic heterocycles. The van der Waals surface area contributed by atoms with E-state index in [0.717, 1.165) is 64.4 Å². The van der Waals surface area contributed by atoms with Gasteiger partial charge in [-0.05, 0) is 61.2 Å². The van der Waals surface area contributed by atoms with Gasteiger partial charge in [-0.15, -0.1) is 0 Å². The average molecular weight is 409 g/mol. The van der Waals surface area contributed by atoms with Gasteiger partial charge in [0.25, 0.3) is 0 Å². The number of fused-ring (bicyclic) bond motifs is 5. The molecule has 154 valence electrons. The van der Waals surface area contributed by atoms with Crippen LogP contribution in [0.1, 0.15) is 49.8 Å². The molecule has 0 N–H and O–H groups in total. The molecule has 3 heterocycles. The van der Waals surface area contributed by atoms with Crippen LogP contribution >= 0.6 is 0 Å². The summed E-state index contributed by atoms with van der Waals surface area (Å²) in [7, 11) is 2.09. The van der Waals surface area contributed by atoms with Gasteiger partial charge in [0.05, 0.1) is 5.56 Å². The van der Waals surface area contributed by atoms with Gasteiger partial charge in [0.2, 0.25) is 11.4 Å². The van der Waals surface area contributed by atoms with Crippen LogP contribution < -0.4 is 4.57 Å². The average Bonchev–Trinajstić information content (AvgIpc) is 3.39. The second-order valence-electron chi connectivity index (χ2n) is 8.88. The first-order valence-electron chi connectivity index (χ1n) is 11.7. The molecule has 1 aliphatic carbocycles. The van der Waals surface area contributed by atoms with Crippen LogP contribution in [-0.2, 0) is 7.05 Å². The van der Waals surface area contributed by atoms with Crippen molar-refractivity contribution in [3.05, 3.63) is 71.5 Å². The lowest BCUT2D eigenvalue weighted by Gasteiger charge is -2.14. The van der Waals surface area contributed by atoms with E-state index in [9.17, 15) is 0 Å². The van der Waals surface area contributed by atoms with Crippen LogP contribution in [0.5, 0.6) is 0 Å². The third kappa shape index (κ3) is 2.79. The zero-order valence-corrected chi connectivity index (χ0v) is 18.3. The largest absolute Gasteiger partial charge is 0.437 e. The maximum Gasteiger partial charge on any atom is 0.227 e. The predicted octanol–water partition coefficient (Wildman–Crippen LogP) is 6.90. The predicted molar refractivity (Wildman–Crippen MR) is 126 cm³/mol. The highest BCUT2D eigenvalue weighted by Gasteiger charge is 2.26. The summed E-state index contributed by atoms with van der Waals surface area (Å²) >= 11 is 0. The van der Waals surface area contributed by atoms with Gasteiger partial charge in [0.1, 0.15) is 12.6 Å². The minimum Gasteiger partial charge on any atom is -0.437 e. The fourth-order valence-electron chi connectivity index (χ4n) is 5.29. The molecule has 0 radical (unpaired) electrons. The Morgan fingerprint density at radius 3 is 2.58 bits per heavy atom. The molecule has 0 saturated heterocycles. The molecule has 31 heavy (non-hydrogen) atoms. The first-order valence-corrected chi connectivity index (χ1v) is 11.2. The van der Waals surface area contributed by atoms with Gasteiger partial charge in [0, 0.05) is 35.4 Å². The van der Waals surface area contributed by atoms with Crippen LogP contribution in [0.25, 0.3) is 44.1 Å². The Kier molecular flexibility index (Phi) is 3.90. The second-order valence-corrected chi connectivity index (χ2v) is 8.88. The van der Waals surface area contributed by atoms with Crippen LogP contribution in [-0.4, -0.2) is 4.98 Å². The van der Waals surface area contributed by atoms with E-state index in [1.165, 1.54) is 16.5 Å². The molecule has 6 rings (SSSR count). The number of benzene rings is 2. The lowest BCUT2D eigenvalue weighted by Crippen LogP contribution is -2.31. The number of furan rings is 1. The summed E-state index contributed by atoms with van der Waals surface area (Å²) in [5.74, 6) is -0.482. The number of aromatic nitrogens is 2. The Morgan fingerprint density at radius 1 is 1.00 bits per heavy atom. The smallest absolute Gasteiger partial charge is 0.227 e. The molecular weight excluding hydrogens is 380 g/mol. The summed E-state index contributed by atoms with van der Waals surface area (Å²) in [5, 5.41) is 4.46. The fourth-order valence-corrected chi connectivity index (χ4v) is 5.29. The van der Waals surface area contributed by atoms with E-state index < -0.39 is 5.89 Å². The van der Waals surface area contributed by atoms with E-state index in [1.54, 1.807) is 0 Å². The molecule has 1 fully saturated rings. The molecule has 2 aromatic carbocycles. The van der Waals surface area contributed by atoms with Crippen molar-refractivity contribution in [3.63, 3.8) is 0 Å². The maximum absolute atomic E-state index is 9.09. The van der Waals surface area contributed by atoms with Crippen molar-refractivity contribution in [3.8, 4) is 11.3 Å². The van der Waals surface area contributed by atoms with Gasteiger partial charge in [0.15, 0.2) is 6.20 Å². The Balaban J connectivity index is 1.76. The molecule has 0 unspecified atom stereocenters. The van der Waals surface area contributed by atoms with Crippen molar-refractivity contribution in [1.82, 2.24) is 4.98 Å². The highest BCUT2D eigenvalue weighted by atomic mass is 16.3. The van der Waals surface area contributed by atoms with Crippen molar-refractivity contribution >= 4 is 32.8 Å². The van der Waals surface area contributed by atoms with E-state index in [4.69, 9.17) is 10.8 Å². The van der Waals surface area contributed by atoms with E-state index in [2.05, 4.69) is 73.3 Å². The fraction of sp³-hybridized carbons (Fsp3) is 0.286. The number of hydrogen-bond donors (Lipinski definition) is 0. The molecule has 0 spiro atoms. The molecular formula is C28H27N2O+. The molecule has 0 amide bonds. The second kappa shape index (κ2) is 6.91. The molecule has 0 bridgehead atoms. The highest BCUT2D eigenvalue weighted by molar-refractivity contribution is 6.21. The summed E-state index contributed by atoms with van der Waals surface area (Å²) < 4.78 is 17.7. The molecule has 1 aliphatic rings. The zero-order valence-electron chi connectivity index (χ0n) is 19.3. The lowest BCUT2D eigenvalue weighted by atomic mass is 9.90. The standard InChI is InChI=1S/C28H27N2O/c1-17-12-13-23-26-25(24-16-20(14-15-30(24)3)19-8-4-5-9-19)18(2)21-10-6-7-11-22(21)27(26)31-28(23)29-17/h6-7,10-16,19H,4-5,8-9H2,1-3H3/q+1/i19D. The van der Waals surface area contributed by atoms with E-state index >= 15 is 0 Å². The Morgan fingerprint density at radius 2 is 1.77 bits per heavy atom. The van der Waals surface area contributed by atoms with Crippen LogP contribution in [0.15, 0.2) is 59.1 Å². The van der Waals surface area contributed by atoms with Crippen molar-refractivity contribution in [2.45, 2.75) is 45.4 Å². The quantitative estimate of drug-likeness (QED) is 0.297. The minimum absolute atomic E-state index is 0.482. The van der Waals surface area contributed by atoms with E-state index in [1.807, 2.05) is 6.92 Å². The summed E-state index contributed by atoms with van der Waals surface area (Å²) in [6.07, 6.45) is 6.26. The van der Waals surface area contributed by atoms with E-state index in [0.29, 0.717) is 5.71 Å². The van der Waals surface area contributed by atoms with Crippen LogP contribution in [0.2, 0.25) is 0 Å². The van der Waals surface area contributed by atoms with Gasteiger partial charge in [-0.1, -0.05) is 37.1 Å². The molecule has 3 nitrogen and oxygen atoms in total. The lowest BCUT2D eigenvalue weighted by molar-refractivity contribution is -0.660. The SMILES string of the molecule is [2H]C1(c2cc[n+](C)c(-c3c(C)c4ccccc4c4oc5nc(C)ccc5c34)c2)CCCC1. The summed E-state index contributed by atoms with van der Waals surface area (Å²) in [6.45, 7) is 4.20. The van der Waals surface area contributed by atoms with Crippen molar-refractivity contribution in [1.29, 1.82) is 0 Å². The molecule has 0 atom stereocenters. The number of aryl methyl sites for hydroxylation is 3. The molecule has 5 aromatic rings. The van der Waals surface area contributed by atoms with Crippen LogP contribution in [0, 0.1) is 13.8 Å². The van der Waals surface area contributed by atoms with Gasteiger partial charge >= 0.3 is 0 Å². The zero-order chi connectivity index (χ0) is 22.0. The van der Waals surface area contributed by atoms with Crippen LogP contribution in [0.4, 0.5) is 0 Å². The number of pyridine rings is 2. The Labute approximate surface area is 183 Å². The number of nitrogens with zero attached hydrogens (tertiary/aromatic N) is 2. The normalized spacial score (nSPS) is 16.4. The molecule has 3 heteroatoms. The van der Waals surface area contributed by atoms with Crippen molar-refractivity contribution in [2.75, 3.05) is 0 Å². The Bertz CT molecular complexity index is 1530. The van der Waals surface area contributed by atoms with Crippen molar-refractivity contribution < 1.29 is 10.4 Å². The molecule has 1 saturated carbocycles.